The summed E-state index contributed by atoms with van der Waals surface area (Å²) in [5.41, 5.74) is 13.0. The average Bonchev–Trinajstić information content (AvgIpc) is 3.26. The summed E-state index contributed by atoms with van der Waals surface area (Å²) in [5.74, 6) is 0.237. The molecule has 1 aliphatic rings. The number of nitrogen functional groups attached to an aromatic ring is 1. The first-order chi connectivity index (χ1) is 17.6. The molecule has 1 aliphatic heterocycles. The number of nitrogens with two attached hydrogens (primary N) is 1. The van der Waals surface area contributed by atoms with Gasteiger partial charge < -0.3 is 19.9 Å². The number of likely N-dealkylation sites (N-methyl/N-ethyl adjacent to an activating group) is 1. The van der Waals surface area contributed by atoms with Crippen molar-refractivity contribution >= 4 is 17.0 Å². The van der Waals surface area contributed by atoms with Gasteiger partial charge in [-0.1, -0.05) is 31.2 Å². The quantitative estimate of drug-likeness (QED) is 0.355. The first-order valence-electron chi connectivity index (χ1n) is 12.1. The van der Waals surface area contributed by atoms with E-state index in [0.29, 0.717) is 36.9 Å². The molecule has 0 fully saturated rings. The van der Waals surface area contributed by atoms with Crippen molar-refractivity contribution in [2.75, 3.05) is 46.3 Å². The fraction of sp³-hybridized carbons (Fsp3) is 0.385. The van der Waals surface area contributed by atoms with Crippen molar-refractivity contribution in [1.29, 1.82) is 0 Å². The molecule has 2 N–H and O–H groups in total. The van der Waals surface area contributed by atoms with E-state index >= 15 is 0 Å². The van der Waals surface area contributed by atoms with E-state index in [9.17, 15) is 0 Å². The summed E-state index contributed by atoms with van der Waals surface area (Å²) < 4.78 is 18.0. The Kier molecular flexibility index (Phi) is 6.97. The molecule has 10 nitrogen and oxygen atoms in total. The number of hydrogen-bond donors (Lipinski definition) is 1. The third-order valence-electron chi connectivity index (χ3n) is 6.46. The minimum atomic E-state index is 0.178. The van der Waals surface area contributed by atoms with E-state index in [1.54, 1.807) is 14.2 Å². The summed E-state index contributed by atoms with van der Waals surface area (Å²) >= 11 is 0. The predicted octanol–water partition coefficient (Wildman–Crippen LogP) is 2.93. The number of rotatable bonds is 9. The van der Waals surface area contributed by atoms with Gasteiger partial charge in [0.05, 0.1) is 20.3 Å². The molecule has 5 rings (SSSR count). The number of pyridine rings is 1. The highest BCUT2D eigenvalue weighted by molar-refractivity contribution is 5.83. The second-order valence-corrected chi connectivity index (χ2v) is 8.74. The third-order valence-corrected chi connectivity index (χ3v) is 6.46. The lowest BCUT2D eigenvalue weighted by Gasteiger charge is -2.27. The Morgan fingerprint density at radius 1 is 1.03 bits per heavy atom. The van der Waals surface area contributed by atoms with Gasteiger partial charge in [0.15, 0.2) is 17.0 Å². The number of anilines is 1. The van der Waals surface area contributed by atoms with Crippen molar-refractivity contribution in [3.8, 4) is 23.1 Å². The van der Waals surface area contributed by atoms with E-state index in [4.69, 9.17) is 24.9 Å². The zero-order chi connectivity index (χ0) is 25.1. The van der Waals surface area contributed by atoms with Crippen LogP contribution in [0.4, 0.5) is 5.82 Å². The van der Waals surface area contributed by atoms with Gasteiger partial charge in [-0.15, -0.1) is 0 Å². The van der Waals surface area contributed by atoms with Crippen LogP contribution in [0.2, 0.25) is 0 Å². The number of imidazole rings is 1. The van der Waals surface area contributed by atoms with E-state index in [1.165, 1.54) is 11.3 Å². The predicted molar refractivity (Wildman–Crippen MR) is 137 cm³/mol. The summed E-state index contributed by atoms with van der Waals surface area (Å²) in [4.78, 5) is 20.4. The maximum Gasteiger partial charge on any atom is 0.320 e. The number of fused-ring (bicyclic) bond motifs is 2. The van der Waals surface area contributed by atoms with Gasteiger partial charge >= 0.3 is 6.01 Å². The van der Waals surface area contributed by atoms with Crippen molar-refractivity contribution in [2.24, 2.45) is 0 Å². The van der Waals surface area contributed by atoms with Crippen LogP contribution in [0.5, 0.6) is 12.0 Å². The molecule has 0 saturated carbocycles. The second kappa shape index (κ2) is 10.5. The zero-order valence-corrected chi connectivity index (χ0v) is 20.9. The minimum absolute atomic E-state index is 0.178. The number of hydrogen-bond acceptors (Lipinski definition) is 9. The standard InChI is InChI=1S/C26H31N7O3/c1-4-32-10-9-21-20(16-32)13-19(14-28-21)18-7-5-17(6-8-18)15-33-24-22(29-26(33)35-3)23(27)30-25(31-24)36-12-11-34-2/h5-8,13-14H,4,9-12,15-16H2,1-3H3,(H2,27,30,31). The molecule has 0 unspecified atom stereocenters. The van der Waals surface area contributed by atoms with Crippen LogP contribution in [0.25, 0.3) is 22.3 Å². The molecular formula is C26H31N7O3. The summed E-state index contributed by atoms with van der Waals surface area (Å²) in [6.07, 6.45) is 2.99. The Morgan fingerprint density at radius 3 is 2.61 bits per heavy atom. The molecule has 1 aromatic carbocycles. The van der Waals surface area contributed by atoms with E-state index in [0.717, 1.165) is 42.7 Å². The van der Waals surface area contributed by atoms with Gasteiger partial charge in [-0.25, -0.2) is 0 Å². The van der Waals surface area contributed by atoms with Gasteiger partial charge in [0.25, 0.3) is 6.01 Å². The Labute approximate surface area is 210 Å². The molecule has 10 heteroatoms. The van der Waals surface area contributed by atoms with Gasteiger partial charge in [0.1, 0.15) is 6.61 Å². The van der Waals surface area contributed by atoms with Crippen molar-refractivity contribution in [2.45, 2.75) is 26.4 Å². The smallest absolute Gasteiger partial charge is 0.320 e. The molecule has 4 aromatic rings. The van der Waals surface area contributed by atoms with Gasteiger partial charge in [-0.2, -0.15) is 15.0 Å². The summed E-state index contributed by atoms with van der Waals surface area (Å²) in [5, 5.41) is 0. The molecule has 0 saturated heterocycles. The minimum Gasteiger partial charge on any atom is -0.468 e. The molecule has 0 atom stereocenters. The van der Waals surface area contributed by atoms with Gasteiger partial charge in [0.2, 0.25) is 0 Å². The van der Waals surface area contributed by atoms with Crippen LogP contribution in [-0.2, 0) is 24.2 Å². The summed E-state index contributed by atoms with van der Waals surface area (Å²) in [7, 11) is 3.18. The number of ether oxygens (including phenoxy) is 3. The van der Waals surface area contributed by atoms with Crippen molar-refractivity contribution < 1.29 is 14.2 Å². The number of methoxy groups -OCH3 is 2. The monoisotopic (exact) mass is 489 g/mol. The van der Waals surface area contributed by atoms with Crippen LogP contribution in [0.1, 0.15) is 23.7 Å². The Balaban J connectivity index is 1.40. The summed E-state index contributed by atoms with van der Waals surface area (Å²) in [6.45, 7) is 6.54. The normalized spacial score (nSPS) is 13.6. The van der Waals surface area contributed by atoms with Crippen molar-refractivity contribution in [3.63, 3.8) is 0 Å². The lowest BCUT2D eigenvalue weighted by molar-refractivity contribution is 0.141. The van der Waals surface area contributed by atoms with Crippen LogP contribution in [0, 0.1) is 0 Å². The lowest BCUT2D eigenvalue weighted by Crippen LogP contribution is -2.30. The maximum atomic E-state index is 6.14. The molecule has 188 valence electrons. The molecule has 0 bridgehead atoms. The van der Waals surface area contributed by atoms with Crippen LogP contribution >= 0.6 is 0 Å². The van der Waals surface area contributed by atoms with Gasteiger partial charge in [0, 0.05) is 44.1 Å². The van der Waals surface area contributed by atoms with E-state index < -0.39 is 0 Å². The highest BCUT2D eigenvalue weighted by atomic mass is 16.5. The number of aromatic nitrogens is 5. The topological polar surface area (TPSA) is 113 Å². The second-order valence-electron chi connectivity index (χ2n) is 8.74. The fourth-order valence-electron chi connectivity index (χ4n) is 4.46. The SMILES string of the molecule is CCN1CCc2ncc(-c3ccc(Cn4c(OC)nc5c(N)nc(OCCOC)nc54)cc3)cc2C1. The van der Waals surface area contributed by atoms with E-state index in [-0.39, 0.29) is 11.8 Å². The van der Waals surface area contributed by atoms with Crippen LogP contribution in [-0.4, -0.2) is 69.9 Å². The molecule has 0 aliphatic carbocycles. The van der Waals surface area contributed by atoms with Crippen molar-refractivity contribution in [1.82, 2.24) is 29.4 Å². The molecule has 3 aromatic heterocycles. The Hall–Kier alpha value is -3.76. The van der Waals surface area contributed by atoms with Gasteiger partial charge in [-0.05, 0) is 29.3 Å². The molecule has 4 heterocycles. The first kappa shape index (κ1) is 24.0. The van der Waals surface area contributed by atoms with Crippen LogP contribution in [0.15, 0.2) is 36.5 Å². The highest BCUT2D eigenvalue weighted by Crippen LogP contribution is 2.28. The zero-order valence-electron chi connectivity index (χ0n) is 20.9. The van der Waals surface area contributed by atoms with E-state index in [1.807, 2.05) is 10.8 Å². The largest absolute Gasteiger partial charge is 0.468 e. The highest BCUT2D eigenvalue weighted by Gasteiger charge is 2.19. The van der Waals surface area contributed by atoms with Crippen LogP contribution in [0.3, 0.4) is 0 Å². The Bertz CT molecular complexity index is 1350. The summed E-state index contributed by atoms with van der Waals surface area (Å²) in [6, 6.07) is 11.3. The van der Waals surface area contributed by atoms with Crippen molar-refractivity contribution in [3.05, 3.63) is 53.3 Å². The average molecular weight is 490 g/mol. The van der Waals surface area contributed by atoms with Gasteiger partial charge in [-0.3, -0.25) is 14.5 Å². The molecule has 0 amide bonds. The first-order valence-corrected chi connectivity index (χ1v) is 12.1. The lowest BCUT2D eigenvalue weighted by atomic mass is 9.99. The molecule has 36 heavy (non-hydrogen) atoms. The van der Waals surface area contributed by atoms with Crippen LogP contribution < -0.4 is 15.2 Å². The molecular weight excluding hydrogens is 458 g/mol. The molecule has 0 radical (unpaired) electrons. The number of benzene rings is 1. The third kappa shape index (κ3) is 4.82. The van der Waals surface area contributed by atoms with E-state index in [2.05, 4.69) is 57.1 Å². The molecule has 0 spiro atoms. The number of nitrogens with zero attached hydrogens (tertiary/aromatic N) is 6. The fourth-order valence-corrected chi connectivity index (χ4v) is 4.46. The Morgan fingerprint density at radius 2 is 1.86 bits per heavy atom. The maximum absolute atomic E-state index is 6.14.